The highest BCUT2D eigenvalue weighted by Crippen LogP contribution is 2.24. The van der Waals surface area contributed by atoms with Gasteiger partial charge in [-0.05, 0) is 36.4 Å². The Morgan fingerprint density at radius 2 is 1.61 bits per heavy atom. The van der Waals surface area contributed by atoms with E-state index in [2.05, 4.69) is 4.98 Å². The van der Waals surface area contributed by atoms with Crippen LogP contribution in [0.25, 0.3) is 10.9 Å². The van der Waals surface area contributed by atoms with Crippen LogP contribution in [0.15, 0.2) is 60.7 Å². The lowest BCUT2D eigenvalue weighted by atomic mass is 10.2. The van der Waals surface area contributed by atoms with Crippen LogP contribution < -0.4 is 10.5 Å². The number of ether oxygens (including phenoxy) is 1. The largest absolute Gasteiger partial charge is 0.457 e. The SMILES string of the molecule is Nc1ccc2ccc(Oc3ccccc3)cc2n1. The fourth-order valence-corrected chi connectivity index (χ4v) is 1.80. The molecular weight excluding hydrogens is 224 g/mol. The van der Waals surface area contributed by atoms with Crippen LogP contribution in [-0.4, -0.2) is 4.98 Å². The topological polar surface area (TPSA) is 48.1 Å². The van der Waals surface area contributed by atoms with Gasteiger partial charge in [0.05, 0.1) is 5.52 Å². The van der Waals surface area contributed by atoms with Crippen molar-refractivity contribution in [3.05, 3.63) is 60.7 Å². The predicted octanol–water partition coefficient (Wildman–Crippen LogP) is 3.61. The molecule has 3 heteroatoms. The van der Waals surface area contributed by atoms with Crippen molar-refractivity contribution in [2.24, 2.45) is 0 Å². The van der Waals surface area contributed by atoms with Gasteiger partial charge in [0.1, 0.15) is 17.3 Å². The maximum Gasteiger partial charge on any atom is 0.129 e. The Morgan fingerprint density at radius 3 is 2.44 bits per heavy atom. The molecule has 0 aliphatic heterocycles. The van der Waals surface area contributed by atoms with Gasteiger partial charge in [-0.1, -0.05) is 18.2 Å². The number of nitrogen functional groups attached to an aromatic ring is 1. The van der Waals surface area contributed by atoms with Crippen molar-refractivity contribution in [1.82, 2.24) is 4.98 Å². The summed E-state index contributed by atoms with van der Waals surface area (Å²) in [5, 5.41) is 1.05. The van der Waals surface area contributed by atoms with Gasteiger partial charge in [-0.15, -0.1) is 0 Å². The zero-order valence-corrected chi connectivity index (χ0v) is 9.71. The van der Waals surface area contributed by atoms with E-state index in [-0.39, 0.29) is 0 Å². The summed E-state index contributed by atoms with van der Waals surface area (Å²) in [6, 6.07) is 19.2. The summed E-state index contributed by atoms with van der Waals surface area (Å²) in [7, 11) is 0. The fourth-order valence-electron chi connectivity index (χ4n) is 1.80. The van der Waals surface area contributed by atoms with Gasteiger partial charge in [-0.2, -0.15) is 0 Å². The van der Waals surface area contributed by atoms with Gasteiger partial charge in [-0.25, -0.2) is 4.98 Å². The van der Waals surface area contributed by atoms with Crippen molar-refractivity contribution in [3.63, 3.8) is 0 Å². The zero-order chi connectivity index (χ0) is 12.4. The standard InChI is InChI=1S/C15H12N2O/c16-15-9-7-11-6-8-13(10-14(11)17-15)18-12-4-2-1-3-5-12/h1-10H,(H2,16,17). The van der Waals surface area contributed by atoms with Crippen LogP contribution in [0.4, 0.5) is 5.82 Å². The molecule has 0 saturated heterocycles. The molecule has 3 nitrogen and oxygen atoms in total. The monoisotopic (exact) mass is 236 g/mol. The van der Waals surface area contributed by atoms with Crippen LogP contribution in [0.3, 0.4) is 0 Å². The van der Waals surface area contributed by atoms with Crippen LogP contribution in [0.1, 0.15) is 0 Å². The maximum atomic E-state index is 5.75. The lowest BCUT2D eigenvalue weighted by molar-refractivity contribution is 0.483. The van der Waals surface area contributed by atoms with Gasteiger partial charge in [0.25, 0.3) is 0 Å². The Kier molecular flexibility index (Phi) is 2.57. The van der Waals surface area contributed by atoms with Gasteiger partial charge in [0.15, 0.2) is 0 Å². The van der Waals surface area contributed by atoms with E-state index in [1.54, 1.807) is 6.07 Å². The minimum atomic E-state index is 0.513. The minimum Gasteiger partial charge on any atom is -0.457 e. The molecule has 2 aromatic carbocycles. The summed E-state index contributed by atoms with van der Waals surface area (Å²) in [6.45, 7) is 0. The highest BCUT2D eigenvalue weighted by molar-refractivity contribution is 5.81. The second kappa shape index (κ2) is 4.37. The molecule has 0 atom stereocenters. The molecule has 3 aromatic rings. The van der Waals surface area contributed by atoms with Gasteiger partial charge < -0.3 is 10.5 Å². The fraction of sp³-hybridized carbons (Fsp3) is 0. The molecule has 0 radical (unpaired) electrons. The Morgan fingerprint density at radius 1 is 0.833 bits per heavy atom. The lowest BCUT2D eigenvalue weighted by Gasteiger charge is -2.06. The molecule has 3 rings (SSSR count). The quantitative estimate of drug-likeness (QED) is 0.739. The second-order valence-corrected chi connectivity index (χ2v) is 4.01. The summed E-state index contributed by atoms with van der Waals surface area (Å²) in [5.74, 6) is 2.08. The number of pyridine rings is 1. The highest BCUT2D eigenvalue weighted by atomic mass is 16.5. The van der Waals surface area contributed by atoms with Crippen LogP contribution in [-0.2, 0) is 0 Å². The van der Waals surface area contributed by atoms with Gasteiger partial charge in [0, 0.05) is 11.5 Å². The van der Waals surface area contributed by atoms with Crippen molar-refractivity contribution < 1.29 is 4.74 Å². The van der Waals surface area contributed by atoms with Crippen molar-refractivity contribution in [3.8, 4) is 11.5 Å². The number of aromatic nitrogens is 1. The summed E-state index contributed by atoms with van der Waals surface area (Å²) < 4.78 is 5.75. The first kappa shape index (κ1) is 10.6. The number of rotatable bonds is 2. The lowest BCUT2D eigenvalue weighted by Crippen LogP contribution is -1.90. The molecule has 0 unspecified atom stereocenters. The highest BCUT2D eigenvalue weighted by Gasteiger charge is 2.00. The van der Waals surface area contributed by atoms with Gasteiger partial charge >= 0.3 is 0 Å². The zero-order valence-electron chi connectivity index (χ0n) is 9.71. The maximum absolute atomic E-state index is 5.75. The predicted molar refractivity (Wildman–Crippen MR) is 72.7 cm³/mol. The summed E-state index contributed by atoms with van der Waals surface area (Å²) in [5.41, 5.74) is 6.51. The van der Waals surface area contributed by atoms with Crippen molar-refractivity contribution in [2.75, 3.05) is 5.73 Å². The Hall–Kier alpha value is -2.55. The number of hydrogen-bond donors (Lipinski definition) is 1. The first-order chi connectivity index (χ1) is 8.81. The Labute approximate surface area is 105 Å². The molecule has 0 saturated carbocycles. The molecule has 1 heterocycles. The molecule has 0 fully saturated rings. The minimum absolute atomic E-state index is 0.513. The van der Waals surface area contributed by atoms with Crippen LogP contribution in [0.2, 0.25) is 0 Å². The molecule has 88 valence electrons. The molecule has 2 N–H and O–H groups in total. The summed E-state index contributed by atoms with van der Waals surface area (Å²) in [4.78, 5) is 4.28. The number of hydrogen-bond acceptors (Lipinski definition) is 3. The van der Waals surface area contributed by atoms with E-state index in [1.165, 1.54) is 0 Å². The van der Waals surface area contributed by atoms with E-state index in [0.29, 0.717) is 5.82 Å². The molecule has 1 aromatic heterocycles. The third kappa shape index (κ3) is 2.11. The van der Waals surface area contributed by atoms with Crippen LogP contribution >= 0.6 is 0 Å². The van der Waals surface area contributed by atoms with Gasteiger partial charge in [0.2, 0.25) is 0 Å². The molecule has 0 spiro atoms. The first-order valence-corrected chi connectivity index (χ1v) is 5.70. The second-order valence-electron chi connectivity index (χ2n) is 4.01. The van der Waals surface area contributed by atoms with Crippen molar-refractivity contribution in [1.29, 1.82) is 0 Å². The number of fused-ring (bicyclic) bond motifs is 1. The molecule has 0 aliphatic carbocycles. The third-order valence-electron chi connectivity index (χ3n) is 2.66. The first-order valence-electron chi connectivity index (χ1n) is 5.70. The number of nitrogens with two attached hydrogens (primary N) is 1. The number of para-hydroxylation sites is 1. The van der Waals surface area contributed by atoms with E-state index in [9.17, 15) is 0 Å². The van der Waals surface area contributed by atoms with Crippen LogP contribution in [0.5, 0.6) is 11.5 Å². The van der Waals surface area contributed by atoms with E-state index in [0.717, 1.165) is 22.4 Å². The van der Waals surface area contributed by atoms with E-state index < -0.39 is 0 Å². The van der Waals surface area contributed by atoms with Gasteiger partial charge in [-0.3, -0.25) is 0 Å². The average molecular weight is 236 g/mol. The Bertz CT molecular complexity index is 680. The number of anilines is 1. The van der Waals surface area contributed by atoms with Crippen LogP contribution in [0, 0.1) is 0 Å². The number of nitrogens with zero attached hydrogens (tertiary/aromatic N) is 1. The molecule has 0 bridgehead atoms. The Balaban J connectivity index is 1.98. The average Bonchev–Trinajstić information content (AvgIpc) is 2.39. The molecular formula is C15H12N2O. The van der Waals surface area contributed by atoms with Crippen molar-refractivity contribution in [2.45, 2.75) is 0 Å². The van der Waals surface area contributed by atoms with E-state index >= 15 is 0 Å². The summed E-state index contributed by atoms with van der Waals surface area (Å²) >= 11 is 0. The van der Waals surface area contributed by atoms with Crippen molar-refractivity contribution >= 4 is 16.7 Å². The summed E-state index contributed by atoms with van der Waals surface area (Å²) in [6.07, 6.45) is 0. The third-order valence-corrected chi connectivity index (χ3v) is 2.66. The van der Waals surface area contributed by atoms with E-state index in [4.69, 9.17) is 10.5 Å². The molecule has 0 aliphatic rings. The number of benzene rings is 2. The normalized spacial score (nSPS) is 10.4. The molecule has 18 heavy (non-hydrogen) atoms. The van der Waals surface area contributed by atoms with E-state index in [1.807, 2.05) is 54.6 Å². The molecule has 0 amide bonds. The smallest absolute Gasteiger partial charge is 0.129 e.